The smallest absolute Gasteiger partial charge is 0.231 e. The number of rotatable bonds is 5. The van der Waals surface area contributed by atoms with Gasteiger partial charge in [-0.05, 0) is 30.2 Å². The van der Waals surface area contributed by atoms with E-state index in [1.165, 1.54) is 0 Å². The molecule has 1 aliphatic rings. The molecule has 0 saturated heterocycles. The van der Waals surface area contributed by atoms with Gasteiger partial charge in [-0.25, -0.2) is 4.98 Å². The zero-order valence-corrected chi connectivity index (χ0v) is 12.0. The van der Waals surface area contributed by atoms with Gasteiger partial charge in [0.1, 0.15) is 5.75 Å². The maximum absolute atomic E-state index is 5.83. The summed E-state index contributed by atoms with van der Waals surface area (Å²) in [5, 5.41) is 0. The van der Waals surface area contributed by atoms with Crippen LogP contribution in [0, 0.1) is 0 Å². The first kappa shape index (κ1) is 13.7. The Hall–Kier alpha value is -2.27. The quantitative estimate of drug-likeness (QED) is 0.915. The molecule has 2 heterocycles. The molecule has 2 aromatic rings. The molecule has 0 spiro atoms. The minimum atomic E-state index is 0.250. The summed E-state index contributed by atoms with van der Waals surface area (Å²) in [5.41, 5.74) is 7.75. The predicted octanol–water partition coefficient (Wildman–Crippen LogP) is 3.01. The molecule has 5 nitrogen and oxygen atoms in total. The van der Waals surface area contributed by atoms with Crippen LogP contribution in [0.1, 0.15) is 24.6 Å². The van der Waals surface area contributed by atoms with Crippen LogP contribution in [0.4, 0.5) is 0 Å². The second kappa shape index (κ2) is 6.01. The molecule has 1 aromatic heterocycles. The predicted molar refractivity (Wildman–Crippen MR) is 78.8 cm³/mol. The van der Waals surface area contributed by atoms with E-state index in [0.717, 1.165) is 29.8 Å². The molecular formula is C16H18N2O3. The highest BCUT2D eigenvalue weighted by Gasteiger charge is 2.14. The molecule has 0 radical (unpaired) electrons. The summed E-state index contributed by atoms with van der Waals surface area (Å²) in [6.45, 7) is 2.84. The van der Waals surface area contributed by atoms with Gasteiger partial charge in [0.2, 0.25) is 12.7 Å². The normalized spacial score (nSPS) is 12.5. The molecule has 1 aromatic carbocycles. The summed E-state index contributed by atoms with van der Waals surface area (Å²) in [5.74, 6) is 2.65. The Bertz CT molecular complexity index is 643. The molecule has 0 saturated carbocycles. The molecule has 5 heteroatoms. The number of fused-ring (bicyclic) bond motifs is 1. The maximum Gasteiger partial charge on any atom is 0.231 e. The molecule has 3 rings (SSSR count). The Morgan fingerprint density at radius 1 is 1.19 bits per heavy atom. The van der Waals surface area contributed by atoms with Crippen LogP contribution in [0.2, 0.25) is 0 Å². The van der Waals surface area contributed by atoms with Crippen molar-refractivity contribution in [1.82, 2.24) is 4.98 Å². The van der Waals surface area contributed by atoms with Crippen molar-refractivity contribution in [2.75, 3.05) is 6.79 Å². The molecule has 0 fully saturated rings. The third-order valence-corrected chi connectivity index (χ3v) is 3.22. The Kier molecular flexibility index (Phi) is 3.92. The monoisotopic (exact) mass is 286 g/mol. The van der Waals surface area contributed by atoms with Gasteiger partial charge < -0.3 is 19.9 Å². The maximum atomic E-state index is 5.83. The molecule has 0 aliphatic carbocycles. The van der Waals surface area contributed by atoms with Crippen molar-refractivity contribution >= 4 is 0 Å². The number of nitrogens with zero attached hydrogens (tertiary/aromatic N) is 1. The minimum absolute atomic E-state index is 0.250. The Morgan fingerprint density at radius 3 is 2.86 bits per heavy atom. The van der Waals surface area contributed by atoms with Gasteiger partial charge >= 0.3 is 0 Å². The van der Waals surface area contributed by atoms with E-state index in [9.17, 15) is 0 Å². The van der Waals surface area contributed by atoms with Crippen molar-refractivity contribution in [1.29, 1.82) is 0 Å². The van der Waals surface area contributed by atoms with E-state index in [2.05, 4.69) is 11.9 Å². The minimum Gasteiger partial charge on any atom is -0.454 e. The van der Waals surface area contributed by atoms with Crippen LogP contribution in [0.5, 0.6) is 23.1 Å². The van der Waals surface area contributed by atoms with Crippen molar-refractivity contribution < 1.29 is 14.2 Å². The molecule has 110 valence electrons. The van der Waals surface area contributed by atoms with E-state index in [1.807, 2.05) is 24.3 Å². The molecular weight excluding hydrogens is 268 g/mol. The highest BCUT2D eigenvalue weighted by Crippen LogP contribution is 2.36. The SMILES string of the molecule is CCCc1cc(CN)cc(Oc2ccc3c(c2)OCO3)n1. The zero-order chi connectivity index (χ0) is 14.7. The first-order chi connectivity index (χ1) is 10.3. The average molecular weight is 286 g/mol. The van der Waals surface area contributed by atoms with Crippen molar-refractivity contribution in [2.24, 2.45) is 5.73 Å². The number of hydrogen-bond donors (Lipinski definition) is 1. The van der Waals surface area contributed by atoms with Crippen LogP contribution < -0.4 is 19.9 Å². The van der Waals surface area contributed by atoms with E-state index < -0.39 is 0 Å². The lowest BCUT2D eigenvalue weighted by molar-refractivity contribution is 0.174. The van der Waals surface area contributed by atoms with E-state index >= 15 is 0 Å². The van der Waals surface area contributed by atoms with Crippen LogP contribution in [0.25, 0.3) is 0 Å². The summed E-state index contributed by atoms with van der Waals surface area (Å²) in [4.78, 5) is 4.51. The fraction of sp³-hybridized carbons (Fsp3) is 0.312. The van der Waals surface area contributed by atoms with Crippen molar-refractivity contribution in [3.05, 3.63) is 41.6 Å². The third-order valence-electron chi connectivity index (χ3n) is 3.22. The van der Waals surface area contributed by atoms with Gasteiger partial charge in [0.05, 0.1) is 0 Å². The average Bonchev–Trinajstić information content (AvgIpc) is 2.95. The van der Waals surface area contributed by atoms with Crippen molar-refractivity contribution in [2.45, 2.75) is 26.3 Å². The number of aryl methyl sites for hydroxylation is 1. The molecule has 0 atom stereocenters. The van der Waals surface area contributed by atoms with E-state index in [-0.39, 0.29) is 6.79 Å². The van der Waals surface area contributed by atoms with Crippen LogP contribution in [-0.4, -0.2) is 11.8 Å². The largest absolute Gasteiger partial charge is 0.454 e. The van der Waals surface area contributed by atoms with Crippen LogP contribution in [0.3, 0.4) is 0 Å². The summed E-state index contributed by atoms with van der Waals surface area (Å²) >= 11 is 0. The van der Waals surface area contributed by atoms with Gasteiger partial charge in [0.25, 0.3) is 0 Å². The summed E-state index contributed by atoms with van der Waals surface area (Å²) < 4.78 is 16.5. The lowest BCUT2D eigenvalue weighted by Gasteiger charge is -2.09. The van der Waals surface area contributed by atoms with Crippen LogP contribution in [-0.2, 0) is 13.0 Å². The van der Waals surface area contributed by atoms with E-state index in [0.29, 0.717) is 23.9 Å². The first-order valence-electron chi connectivity index (χ1n) is 7.06. The number of nitrogens with two attached hydrogens (primary N) is 1. The summed E-state index contributed by atoms with van der Waals surface area (Å²) in [6.07, 6.45) is 1.94. The van der Waals surface area contributed by atoms with Gasteiger partial charge in [0, 0.05) is 24.4 Å². The van der Waals surface area contributed by atoms with Crippen LogP contribution in [0.15, 0.2) is 30.3 Å². The van der Waals surface area contributed by atoms with E-state index in [1.54, 1.807) is 6.07 Å². The molecule has 21 heavy (non-hydrogen) atoms. The Labute approximate surface area is 123 Å². The fourth-order valence-corrected chi connectivity index (χ4v) is 2.24. The number of benzene rings is 1. The lowest BCUT2D eigenvalue weighted by Crippen LogP contribution is -2.01. The van der Waals surface area contributed by atoms with Crippen LogP contribution >= 0.6 is 0 Å². The van der Waals surface area contributed by atoms with Crippen molar-refractivity contribution in [3.8, 4) is 23.1 Å². The van der Waals surface area contributed by atoms with Gasteiger partial charge in [-0.3, -0.25) is 0 Å². The van der Waals surface area contributed by atoms with Gasteiger partial charge in [0.15, 0.2) is 11.5 Å². The number of ether oxygens (including phenoxy) is 3. The van der Waals surface area contributed by atoms with Crippen molar-refractivity contribution in [3.63, 3.8) is 0 Å². The Balaban J connectivity index is 1.85. The highest BCUT2D eigenvalue weighted by molar-refractivity contribution is 5.47. The Morgan fingerprint density at radius 2 is 2.05 bits per heavy atom. The lowest BCUT2D eigenvalue weighted by atomic mass is 10.1. The number of pyridine rings is 1. The van der Waals surface area contributed by atoms with E-state index in [4.69, 9.17) is 19.9 Å². The zero-order valence-electron chi connectivity index (χ0n) is 12.0. The summed E-state index contributed by atoms with van der Waals surface area (Å²) in [7, 11) is 0. The van der Waals surface area contributed by atoms with Gasteiger partial charge in [-0.2, -0.15) is 0 Å². The molecule has 0 amide bonds. The summed E-state index contributed by atoms with van der Waals surface area (Å²) in [6, 6.07) is 9.36. The second-order valence-electron chi connectivity index (χ2n) is 4.88. The number of aromatic nitrogens is 1. The number of hydrogen-bond acceptors (Lipinski definition) is 5. The molecule has 0 unspecified atom stereocenters. The second-order valence-corrected chi connectivity index (χ2v) is 4.88. The topological polar surface area (TPSA) is 66.6 Å². The molecule has 1 aliphatic heterocycles. The molecule has 2 N–H and O–H groups in total. The first-order valence-corrected chi connectivity index (χ1v) is 7.06. The van der Waals surface area contributed by atoms with Gasteiger partial charge in [-0.1, -0.05) is 13.3 Å². The third kappa shape index (κ3) is 3.08. The molecule has 0 bridgehead atoms. The highest BCUT2D eigenvalue weighted by atomic mass is 16.7. The van der Waals surface area contributed by atoms with Gasteiger partial charge in [-0.15, -0.1) is 0 Å². The fourth-order valence-electron chi connectivity index (χ4n) is 2.24. The standard InChI is InChI=1S/C16H18N2O3/c1-2-3-12-6-11(9-17)7-16(18-12)21-13-4-5-14-15(8-13)20-10-19-14/h4-8H,2-3,9-10,17H2,1H3.